The maximum Gasteiger partial charge on any atom is 0.191 e. The zero-order valence-electron chi connectivity index (χ0n) is 17.4. The van der Waals surface area contributed by atoms with Crippen LogP contribution in [0.15, 0.2) is 35.6 Å². The highest BCUT2D eigenvalue weighted by atomic mass is 127. The molecule has 0 saturated carbocycles. The number of aliphatic imine (C=N–C) groups is 1. The molecule has 0 spiro atoms. The van der Waals surface area contributed by atoms with Crippen molar-refractivity contribution >= 4 is 29.9 Å². The minimum absolute atomic E-state index is 0. The maximum atomic E-state index is 14.5. The van der Waals surface area contributed by atoms with E-state index in [1.54, 1.807) is 37.2 Å². The van der Waals surface area contributed by atoms with E-state index in [1.807, 2.05) is 13.0 Å². The predicted molar refractivity (Wildman–Crippen MR) is 122 cm³/mol. The molecule has 0 aliphatic rings. The molecule has 8 heteroatoms. The summed E-state index contributed by atoms with van der Waals surface area (Å²) in [6.45, 7) is 9.33. The number of ether oxygens (including phenoxy) is 1. The summed E-state index contributed by atoms with van der Waals surface area (Å²) >= 11 is 0. The van der Waals surface area contributed by atoms with Crippen LogP contribution in [0.5, 0.6) is 0 Å². The molecule has 6 nitrogen and oxygen atoms in total. The third-order valence-electron chi connectivity index (χ3n) is 4.49. The van der Waals surface area contributed by atoms with E-state index in [0.717, 1.165) is 11.4 Å². The van der Waals surface area contributed by atoms with Gasteiger partial charge in [-0.15, -0.1) is 24.0 Å². The van der Waals surface area contributed by atoms with E-state index in [4.69, 9.17) is 4.74 Å². The number of guanidine groups is 1. The normalized spacial score (nSPS) is 13.0. The number of methoxy groups -OCH3 is 1. The molecule has 1 heterocycles. The van der Waals surface area contributed by atoms with Gasteiger partial charge in [-0.2, -0.15) is 0 Å². The van der Waals surface area contributed by atoms with Crippen molar-refractivity contribution in [1.82, 2.24) is 20.2 Å². The van der Waals surface area contributed by atoms with E-state index in [9.17, 15) is 4.39 Å². The zero-order valence-corrected chi connectivity index (χ0v) is 19.7. The number of aromatic nitrogens is 2. The molecule has 156 valence electrons. The fourth-order valence-corrected chi connectivity index (χ4v) is 2.83. The number of imidazole rings is 1. The molecular weight excluding hydrogens is 472 g/mol. The molecule has 28 heavy (non-hydrogen) atoms. The molecule has 2 N–H and O–H groups in total. The Morgan fingerprint density at radius 1 is 1.32 bits per heavy atom. The van der Waals surface area contributed by atoms with Crippen LogP contribution in [0.1, 0.15) is 32.2 Å². The highest BCUT2D eigenvalue weighted by molar-refractivity contribution is 14.0. The van der Waals surface area contributed by atoms with E-state index in [-0.39, 0.29) is 41.3 Å². The highest BCUT2D eigenvalue weighted by Gasteiger charge is 2.24. The third-order valence-corrected chi connectivity index (χ3v) is 4.49. The summed E-state index contributed by atoms with van der Waals surface area (Å²) in [5.74, 6) is 1.11. The lowest BCUT2D eigenvalue weighted by Crippen LogP contribution is -2.45. The summed E-state index contributed by atoms with van der Waals surface area (Å²) < 4.78 is 21.8. The number of halogens is 2. The van der Waals surface area contributed by atoms with E-state index in [2.05, 4.69) is 41.4 Å². The van der Waals surface area contributed by atoms with E-state index < -0.39 is 0 Å². The van der Waals surface area contributed by atoms with Gasteiger partial charge < -0.3 is 19.9 Å². The Hall–Kier alpha value is -1.68. The molecule has 0 aliphatic carbocycles. The average molecular weight is 503 g/mol. The molecule has 0 saturated heterocycles. The predicted octanol–water partition coefficient (Wildman–Crippen LogP) is 3.66. The number of rotatable bonds is 6. The van der Waals surface area contributed by atoms with Gasteiger partial charge in [-0.3, -0.25) is 4.99 Å². The minimum Gasteiger partial charge on any atom is -0.379 e. The summed E-state index contributed by atoms with van der Waals surface area (Å²) in [5, 5.41) is 6.47. The molecule has 1 atom stereocenters. The minimum atomic E-state index is -0.287. The summed E-state index contributed by atoms with van der Waals surface area (Å²) in [4.78, 5) is 8.35. The monoisotopic (exact) mass is 503 g/mol. The average Bonchev–Trinajstić information content (AvgIpc) is 3.02. The van der Waals surface area contributed by atoms with Crippen molar-refractivity contribution in [2.75, 3.05) is 20.7 Å². The topological polar surface area (TPSA) is 63.5 Å². The first-order chi connectivity index (χ1) is 12.8. The number of hydrogen-bond donors (Lipinski definition) is 2. The molecule has 1 unspecified atom stereocenters. The SMILES string of the molecule is CN=C(NCc1ccc(-n2ccnc2C)c(F)c1)NCC(OC)C(C)(C)C.I. The van der Waals surface area contributed by atoms with Crippen molar-refractivity contribution < 1.29 is 9.13 Å². The van der Waals surface area contributed by atoms with Gasteiger partial charge in [0.2, 0.25) is 0 Å². The second kappa shape index (κ2) is 10.8. The van der Waals surface area contributed by atoms with Gasteiger partial charge in [0.15, 0.2) is 5.96 Å². The molecule has 0 fully saturated rings. The van der Waals surface area contributed by atoms with Gasteiger partial charge >= 0.3 is 0 Å². The Balaban J connectivity index is 0.00000392. The zero-order chi connectivity index (χ0) is 20.0. The Morgan fingerprint density at radius 2 is 2.04 bits per heavy atom. The molecule has 0 bridgehead atoms. The smallest absolute Gasteiger partial charge is 0.191 e. The van der Waals surface area contributed by atoms with Crippen molar-refractivity contribution in [3.8, 4) is 5.69 Å². The summed E-state index contributed by atoms with van der Waals surface area (Å²) in [5.41, 5.74) is 1.34. The van der Waals surface area contributed by atoms with Crippen molar-refractivity contribution in [2.24, 2.45) is 10.4 Å². The van der Waals surface area contributed by atoms with Crippen molar-refractivity contribution in [3.05, 3.63) is 47.8 Å². The Morgan fingerprint density at radius 3 is 2.54 bits per heavy atom. The second-order valence-electron chi connectivity index (χ2n) is 7.53. The van der Waals surface area contributed by atoms with Crippen LogP contribution in [-0.4, -0.2) is 42.3 Å². The lowest BCUT2D eigenvalue weighted by Gasteiger charge is -2.30. The van der Waals surface area contributed by atoms with Crippen LogP contribution in [-0.2, 0) is 11.3 Å². The Bertz CT molecular complexity index is 785. The molecule has 0 amide bonds. The lowest BCUT2D eigenvalue weighted by molar-refractivity contribution is 0.0205. The maximum absolute atomic E-state index is 14.5. The standard InChI is InChI=1S/C20H30FN5O.HI/c1-14-23-9-10-26(14)17-8-7-15(11-16(17)21)12-24-19(22-5)25-13-18(27-6)20(2,3)4;/h7-11,18H,12-13H2,1-6H3,(H2,22,24,25);1H. The van der Waals surface area contributed by atoms with Crippen molar-refractivity contribution in [3.63, 3.8) is 0 Å². The van der Waals surface area contributed by atoms with Crippen LogP contribution in [0.4, 0.5) is 4.39 Å². The van der Waals surface area contributed by atoms with Crippen LogP contribution in [0.3, 0.4) is 0 Å². The third kappa shape index (κ3) is 6.44. The van der Waals surface area contributed by atoms with Gasteiger partial charge in [0.05, 0.1) is 11.8 Å². The van der Waals surface area contributed by atoms with Crippen LogP contribution in [0, 0.1) is 18.2 Å². The van der Waals surface area contributed by atoms with Gasteiger partial charge in [0.25, 0.3) is 0 Å². The van der Waals surface area contributed by atoms with E-state index >= 15 is 0 Å². The first-order valence-corrected chi connectivity index (χ1v) is 9.02. The molecular formula is C20H31FIN5O. The Labute approximate surface area is 184 Å². The molecule has 1 aromatic heterocycles. The quantitative estimate of drug-likeness (QED) is 0.359. The molecule has 0 aliphatic heterocycles. The highest BCUT2D eigenvalue weighted by Crippen LogP contribution is 2.21. The van der Waals surface area contributed by atoms with Crippen LogP contribution in [0.25, 0.3) is 5.69 Å². The first kappa shape index (κ1) is 24.4. The lowest BCUT2D eigenvalue weighted by atomic mass is 9.89. The molecule has 0 radical (unpaired) electrons. The van der Waals surface area contributed by atoms with Crippen molar-refractivity contribution in [2.45, 2.75) is 40.3 Å². The van der Waals surface area contributed by atoms with Gasteiger partial charge in [0.1, 0.15) is 11.6 Å². The van der Waals surface area contributed by atoms with Gasteiger partial charge in [0, 0.05) is 39.6 Å². The van der Waals surface area contributed by atoms with E-state index in [1.165, 1.54) is 6.07 Å². The summed E-state index contributed by atoms with van der Waals surface area (Å²) in [6, 6.07) is 5.19. The van der Waals surface area contributed by atoms with Gasteiger partial charge in [-0.1, -0.05) is 26.8 Å². The second-order valence-corrected chi connectivity index (χ2v) is 7.53. The number of aryl methyl sites for hydroxylation is 1. The van der Waals surface area contributed by atoms with Crippen molar-refractivity contribution in [1.29, 1.82) is 0 Å². The van der Waals surface area contributed by atoms with E-state index in [0.29, 0.717) is 24.7 Å². The fraction of sp³-hybridized carbons (Fsp3) is 0.500. The fourth-order valence-electron chi connectivity index (χ4n) is 2.83. The largest absolute Gasteiger partial charge is 0.379 e. The molecule has 2 aromatic rings. The summed E-state index contributed by atoms with van der Waals surface area (Å²) in [7, 11) is 3.42. The number of benzene rings is 1. The first-order valence-electron chi connectivity index (χ1n) is 9.02. The van der Waals surface area contributed by atoms with Gasteiger partial charge in [-0.25, -0.2) is 9.37 Å². The van der Waals surface area contributed by atoms with Crippen LogP contribution < -0.4 is 10.6 Å². The Kier molecular flexibility index (Phi) is 9.35. The number of nitrogens with zero attached hydrogens (tertiary/aromatic N) is 3. The molecule has 2 rings (SSSR count). The number of hydrogen-bond acceptors (Lipinski definition) is 3. The number of nitrogens with one attached hydrogen (secondary N) is 2. The van der Waals surface area contributed by atoms with Crippen LogP contribution in [0.2, 0.25) is 0 Å². The van der Waals surface area contributed by atoms with Crippen LogP contribution >= 0.6 is 24.0 Å². The molecule has 1 aromatic carbocycles. The van der Waals surface area contributed by atoms with Gasteiger partial charge in [-0.05, 0) is 30.0 Å². The summed E-state index contributed by atoms with van der Waals surface area (Å²) in [6.07, 6.45) is 3.45.